The minimum absolute atomic E-state index is 0.0133. The molecule has 0 radical (unpaired) electrons. The van der Waals surface area contributed by atoms with Gasteiger partial charge in [-0.2, -0.15) is 0 Å². The van der Waals surface area contributed by atoms with Crippen molar-refractivity contribution in [1.82, 2.24) is 4.57 Å². The van der Waals surface area contributed by atoms with Gasteiger partial charge < -0.3 is 18.8 Å². The zero-order valence-corrected chi connectivity index (χ0v) is 19.7. The van der Waals surface area contributed by atoms with Crippen LogP contribution in [-0.4, -0.2) is 42.9 Å². The van der Waals surface area contributed by atoms with Gasteiger partial charge in [0.1, 0.15) is 11.5 Å². The highest BCUT2D eigenvalue weighted by Gasteiger charge is 2.27. The van der Waals surface area contributed by atoms with Crippen molar-refractivity contribution in [3.63, 3.8) is 0 Å². The predicted molar refractivity (Wildman–Crippen MR) is 128 cm³/mol. The largest absolute Gasteiger partial charge is 0.497 e. The minimum atomic E-state index is -0.680. The molecule has 34 heavy (non-hydrogen) atoms. The van der Waals surface area contributed by atoms with Gasteiger partial charge in [-0.3, -0.25) is 14.4 Å². The van der Waals surface area contributed by atoms with Crippen molar-refractivity contribution in [3.05, 3.63) is 83.7 Å². The lowest BCUT2D eigenvalue weighted by Gasteiger charge is -2.17. The van der Waals surface area contributed by atoms with Crippen molar-refractivity contribution in [3.8, 4) is 11.5 Å². The molecular formula is C27H29NO6. The zero-order chi connectivity index (χ0) is 24.5. The molecule has 0 aliphatic carbocycles. The van der Waals surface area contributed by atoms with Crippen molar-refractivity contribution in [2.75, 3.05) is 20.8 Å². The summed E-state index contributed by atoms with van der Waals surface area (Å²) in [6.07, 6.45) is 1.90. The topological polar surface area (TPSA) is 83.8 Å². The van der Waals surface area contributed by atoms with Crippen LogP contribution in [0.25, 0.3) is 0 Å². The molecule has 7 heteroatoms. The number of esters is 1. The predicted octanol–water partition coefficient (Wildman–Crippen LogP) is 4.70. The second kappa shape index (κ2) is 11.8. The second-order valence-corrected chi connectivity index (χ2v) is 7.69. The number of aromatic nitrogens is 1. The van der Waals surface area contributed by atoms with Crippen molar-refractivity contribution < 1.29 is 28.6 Å². The lowest BCUT2D eigenvalue weighted by atomic mass is 9.86. The number of carbonyl (C=O) groups excluding carboxylic acids is 3. The number of methoxy groups -OCH3 is 2. The van der Waals surface area contributed by atoms with E-state index in [0.717, 1.165) is 5.56 Å². The van der Waals surface area contributed by atoms with Gasteiger partial charge in [0.15, 0.2) is 11.6 Å². The van der Waals surface area contributed by atoms with Crippen molar-refractivity contribution in [1.29, 1.82) is 0 Å². The normalized spacial score (nSPS) is 11.5. The van der Waals surface area contributed by atoms with Crippen molar-refractivity contribution >= 4 is 17.5 Å². The molecule has 3 aromatic rings. The standard InChI is InChI=1S/C27H29NO6/c1-4-34-26(30)15-17-28-16-5-6-24(28)25(29)18-23(19-7-11-21(32-2)12-8-19)27(31)20-9-13-22(33-3)14-10-20/h5-14,16,23H,4,15,17-18H2,1-3H3. The number of hydrogen-bond acceptors (Lipinski definition) is 6. The third-order valence-corrected chi connectivity index (χ3v) is 5.58. The Bertz CT molecular complexity index is 1110. The Morgan fingerprint density at radius 3 is 2.09 bits per heavy atom. The van der Waals surface area contributed by atoms with Crippen LogP contribution in [0.3, 0.4) is 0 Å². The van der Waals surface area contributed by atoms with Gasteiger partial charge >= 0.3 is 5.97 Å². The Labute approximate surface area is 199 Å². The van der Waals surface area contributed by atoms with Gasteiger partial charge in [-0.15, -0.1) is 0 Å². The summed E-state index contributed by atoms with van der Waals surface area (Å²) in [5.41, 5.74) is 1.66. The number of carbonyl (C=O) groups is 3. The van der Waals surface area contributed by atoms with Gasteiger partial charge in [-0.05, 0) is 61.0 Å². The summed E-state index contributed by atoms with van der Waals surface area (Å²) < 4.78 is 17.1. The summed E-state index contributed by atoms with van der Waals surface area (Å²) in [5.74, 6) is -0.0328. The molecule has 0 saturated carbocycles. The first kappa shape index (κ1) is 24.8. The molecule has 0 saturated heterocycles. The second-order valence-electron chi connectivity index (χ2n) is 7.69. The molecule has 1 aromatic heterocycles. The molecule has 0 aliphatic rings. The maximum atomic E-state index is 13.5. The molecule has 0 spiro atoms. The van der Waals surface area contributed by atoms with E-state index in [2.05, 4.69) is 0 Å². The maximum absolute atomic E-state index is 13.5. The lowest BCUT2D eigenvalue weighted by Crippen LogP contribution is -2.19. The molecule has 1 heterocycles. The highest BCUT2D eigenvalue weighted by atomic mass is 16.5. The summed E-state index contributed by atoms with van der Waals surface area (Å²) in [5, 5.41) is 0. The number of benzene rings is 2. The quantitative estimate of drug-likeness (QED) is 0.286. The number of nitrogens with zero attached hydrogens (tertiary/aromatic N) is 1. The summed E-state index contributed by atoms with van der Waals surface area (Å²) in [4.78, 5) is 38.5. The highest BCUT2D eigenvalue weighted by Crippen LogP contribution is 2.29. The molecule has 0 fully saturated rings. The monoisotopic (exact) mass is 463 g/mol. The third kappa shape index (κ3) is 6.13. The number of Topliss-reactive ketones (excluding diaryl/α,β-unsaturated/α-hetero) is 2. The molecule has 0 amide bonds. The SMILES string of the molecule is CCOC(=O)CCn1cccc1C(=O)CC(C(=O)c1ccc(OC)cc1)c1ccc(OC)cc1. The Morgan fingerprint density at radius 1 is 0.882 bits per heavy atom. The van der Waals surface area contributed by atoms with Gasteiger partial charge in [-0.25, -0.2) is 0 Å². The Balaban J connectivity index is 1.85. The van der Waals surface area contributed by atoms with Crippen LogP contribution in [0.4, 0.5) is 0 Å². The fourth-order valence-corrected chi connectivity index (χ4v) is 3.75. The average Bonchev–Trinajstić information content (AvgIpc) is 3.35. The molecule has 0 bridgehead atoms. The summed E-state index contributed by atoms with van der Waals surface area (Å²) in [6.45, 7) is 2.39. The maximum Gasteiger partial charge on any atom is 0.307 e. The molecule has 1 atom stereocenters. The summed E-state index contributed by atoms with van der Waals surface area (Å²) >= 11 is 0. The Morgan fingerprint density at radius 2 is 1.50 bits per heavy atom. The van der Waals surface area contributed by atoms with Crippen molar-refractivity contribution in [2.24, 2.45) is 0 Å². The van der Waals surface area contributed by atoms with Gasteiger partial charge in [0.05, 0.1) is 38.9 Å². The molecular weight excluding hydrogens is 434 g/mol. The van der Waals surface area contributed by atoms with E-state index in [-0.39, 0.29) is 30.4 Å². The van der Waals surface area contributed by atoms with E-state index in [1.54, 1.807) is 92.6 Å². The molecule has 3 rings (SSSR count). The van der Waals surface area contributed by atoms with Crippen LogP contribution in [0.2, 0.25) is 0 Å². The van der Waals surface area contributed by atoms with Crippen LogP contribution >= 0.6 is 0 Å². The number of hydrogen-bond donors (Lipinski definition) is 0. The first-order valence-electron chi connectivity index (χ1n) is 11.1. The van der Waals surface area contributed by atoms with E-state index in [4.69, 9.17) is 14.2 Å². The lowest BCUT2D eigenvalue weighted by molar-refractivity contribution is -0.143. The average molecular weight is 464 g/mol. The molecule has 178 valence electrons. The third-order valence-electron chi connectivity index (χ3n) is 5.58. The number of rotatable bonds is 12. The minimum Gasteiger partial charge on any atom is -0.497 e. The van der Waals surface area contributed by atoms with E-state index in [9.17, 15) is 14.4 Å². The van der Waals surface area contributed by atoms with E-state index < -0.39 is 5.92 Å². The molecule has 2 aromatic carbocycles. The first-order valence-corrected chi connectivity index (χ1v) is 11.1. The summed E-state index contributed by atoms with van der Waals surface area (Å²) in [6, 6.07) is 17.5. The van der Waals surface area contributed by atoms with Crippen LogP contribution in [0.5, 0.6) is 11.5 Å². The Hall–Kier alpha value is -3.87. The Kier molecular flexibility index (Phi) is 8.62. The molecule has 1 unspecified atom stereocenters. The molecule has 0 N–H and O–H groups in total. The number of ether oxygens (including phenoxy) is 3. The van der Waals surface area contributed by atoms with E-state index >= 15 is 0 Å². The smallest absolute Gasteiger partial charge is 0.307 e. The van der Waals surface area contributed by atoms with E-state index in [1.807, 2.05) is 0 Å². The number of ketones is 2. The molecule has 7 nitrogen and oxygen atoms in total. The van der Waals surface area contributed by atoms with Crippen LogP contribution in [-0.2, 0) is 16.1 Å². The van der Waals surface area contributed by atoms with Gasteiger partial charge in [0.25, 0.3) is 0 Å². The van der Waals surface area contributed by atoms with Crippen LogP contribution < -0.4 is 9.47 Å². The first-order chi connectivity index (χ1) is 16.5. The van der Waals surface area contributed by atoms with E-state index in [1.165, 1.54) is 0 Å². The van der Waals surface area contributed by atoms with Crippen LogP contribution in [0.15, 0.2) is 66.9 Å². The zero-order valence-electron chi connectivity index (χ0n) is 19.7. The van der Waals surface area contributed by atoms with Crippen LogP contribution in [0.1, 0.15) is 52.1 Å². The molecule has 0 aliphatic heterocycles. The van der Waals surface area contributed by atoms with Gasteiger partial charge in [0.2, 0.25) is 0 Å². The van der Waals surface area contributed by atoms with E-state index in [0.29, 0.717) is 35.9 Å². The fraction of sp³-hybridized carbons (Fsp3) is 0.296. The van der Waals surface area contributed by atoms with Gasteiger partial charge in [-0.1, -0.05) is 12.1 Å². The highest BCUT2D eigenvalue weighted by molar-refractivity contribution is 6.05. The summed E-state index contributed by atoms with van der Waals surface area (Å²) in [7, 11) is 3.13. The van der Waals surface area contributed by atoms with Crippen molar-refractivity contribution in [2.45, 2.75) is 32.2 Å². The number of aryl methyl sites for hydroxylation is 1. The van der Waals surface area contributed by atoms with Gasteiger partial charge in [0, 0.05) is 24.7 Å². The van der Waals surface area contributed by atoms with Crippen LogP contribution in [0, 0.1) is 0 Å². The fourth-order valence-electron chi connectivity index (χ4n) is 3.75.